The lowest BCUT2D eigenvalue weighted by Gasteiger charge is -2.29. The molecule has 0 spiro atoms. The molecule has 0 aromatic heterocycles. The molecule has 0 aliphatic heterocycles. The minimum Gasteiger partial charge on any atom is -0.427 e. The van der Waals surface area contributed by atoms with E-state index < -0.39 is 0 Å². The maximum Gasteiger partial charge on any atom is 0.308 e. The molecule has 2 aromatic rings. The number of aliphatic hydroxyl groups is 1. The van der Waals surface area contributed by atoms with Crippen molar-refractivity contribution in [3.63, 3.8) is 0 Å². The zero-order chi connectivity index (χ0) is 17.6. The van der Waals surface area contributed by atoms with Gasteiger partial charge in [0, 0.05) is 32.7 Å². The van der Waals surface area contributed by atoms with Crippen LogP contribution in [0.5, 0.6) is 5.75 Å². The Labute approximate surface area is 149 Å². The van der Waals surface area contributed by atoms with Gasteiger partial charge in [0.05, 0.1) is 0 Å². The van der Waals surface area contributed by atoms with E-state index in [1.165, 1.54) is 23.6 Å². The van der Waals surface area contributed by atoms with E-state index >= 15 is 0 Å². The first-order chi connectivity index (χ1) is 12.2. The highest BCUT2D eigenvalue weighted by Crippen LogP contribution is 2.36. The molecule has 4 nitrogen and oxygen atoms in total. The van der Waals surface area contributed by atoms with Gasteiger partial charge in [-0.2, -0.15) is 0 Å². The number of carbonyl (C=O) groups excluding carboxylic acids is 1. The smallest absolute Gasteiger partial charge is 0.308 e. The molecule has 0 saturated carbocycles. The third kappa shape index (κ3) is 4.47. The van der Waals surface area contributed by atoms with Crippen molar-refractivity contribution in [1.82, 2.24) is 4.90 Å². The number of hydrogen-bond acceptors (Lipinski definition) is 4. The van der Waals surface area contributed by atoms with Crippen molar-refractivity contribution in [2.45, 2.75) is 38.8 Å². The van der Waals surface area contributed by atoms with E-state index in [2.05, 4.69) is 29.2 Å². The molecule has 0 heterocycles. The summed E-state index contributed by atoms with van der Waals surface area (Å²) in [6.07, 6.45) is 3.00. The predicted molar refractivity (Wildman–Crippen MR) is 97.4 cm³/mol. The number of benzene rings is 2. The van der Waals surface area contributed by atoms with Crippen LogP contribution in [0.4, 0.5) is 0 Å². The fourth-order valence-corrected chi connectivity index (χ4v) is 3.60. The summed E-state index contributed by atoms with van der Waals surface area (Å²) in [4.78, 5) is 13.5. The van der Waals surface area contributed by atoms with Crippen LogP contribution in [0.15, 0.2) is 48.5 Å². The number of ether oxygens (including phenoxy) is 1. The first-order valence-corrected chi connectivity index (χ1v) is 8.87. The third-order valence-corrected chi connectivity index (χ3v) is 4.72. The molecule has 3 rings (SSSR count). The Morgan fingerprint density at radius 3 is 2.68 bits per heavy atom. The number of fused-ring (bicyclic) bond motifs is 1. The Kier molecular flexibility index (Phi) is 5.84. The van der Waals surface area contributed by atoms with Crippen molar-refractivity contribution in [3.05, 3.63) is 65.2 Å². The van der Waals surface area contributed by atoms with Crippen LogP contribution in [0.1, 0.15) is 42.5 Å². The van der Waals surface area contributed by atoms with Gasteiger partial charge < -0.3 is 9.84 Å². The van der Waals surface area contributed by atoms with Gasteiger partial charge in [-0.15, -0.1) is 0 Å². The van der Waals surface area contributed by atoms with Crippen molar-refractivity contribution in [2.75, 3.05) is 13.2 Å². The van der Waals surface area contributed by atoms with E-state index in [9.17, 15) is 9.90 Å². The summed E-state index contributed by atoms with van der Waals surface area (Å²) in [5, 5.41) is 9.26. The lowest BCUT2D eigenvalue weighted by atomic mass is 10.1. The zero-order valence-corrected chi connectivity index (χ0v) is 14.6. The quantitative estimate of drug-likeness (QED) is 0.620. The van der Waals surface area contributed by atoms with Crippen molar-refractivity contribution in [2.24, 2.45) is 0 Å². The molecule has 1 unspecified atom stereocenters. The van der Waals surface area contributed by atoms with Crippen molar-refractivity contribution in [1.29, 1.82) is 0 Å². The summed E-state index contributed by atoms with van der Waals surface area (Å²) in [6.45, 7) is 3.29. The molecule has 1 N–H and O–H groups in total. The van der Waals surface area contributed by atoms with Crippen LogP contribution in [0.2, 0.25) is 0 Å². The van der Waals surface area contributed by atoms with E-state index in [0.717, 1.165) is 32.4 Å². The summed E-state index contributed by atoms with van der Waals surface area (Å²) in [5.74, 6) is 0.268. The lowest BCUT2D eigenvalue weighted by molar-refractivity contribution is -0.131. The van der Waals surface area contributed by atoms with Gasteiger partial charge in [0.1, 0.15) is 5.75 Å². The lowest BCUT2D eigenvalue weighted by Crippen LogP contribution is -2.28. The van der Waals surface area contributed by atoms with Crippen LogP contribution >= 0.6 is 0 Å². The number of esters is 1. The summed E-state index contributed by atoms with van der Waals surface area (Å²) in [6, 6.07) is 16.7. The summed E-state index contributed by atoms with van der Waals surface area (Å²) in [5.41, 5.74) is 4.03. The Morgan fingerprint density at radius 1 is 1.20 bits per heavy atom. The molecule has 0 amide bonds. The molecule has 0 radical (unpaired) electrons. The Balaban J connectivity index is 1.74. The van der Waals surface area contributed by atoms with E-state index in [-0.39, 0.29) is 12.6 Å². The topological polar surface area (TPSA) is 49.8 Å². The first-order valence-electron chi connectivity index (χ1n) is 8.87. The zero-order valence-electron chi connectivity index (χ0n) is 14.6. The molecule has 0 saturated heterocycles. The number of aliphatic hydroxyl groups excluding tert-OH is 1. The SMILES string of the molecule is CC(=O)Oc1ccc(CN(CCCO)C2CCc3ccccc32)cc1. The van der Waals surface area contributed by atoms with Crippen molar-refractivity contribution < 1.29 is 14.6 Å². The second-order valence-electron chi connectivity index (χ2n) is 6.54. The van der Waals surface area contributed by atoms with Gasteiger partial charge in [-0.3, -0.25) is 9.69 Å². The molecule has 0 fully saturated rings. The average molecular weight is 339 g/mol. The van der Waals surface area contributed by atoms with Crippen LogP contribution in [-0.4, -0.2) is 29.1 Å². The molecule has 25 heavy (non-hydrogen) atoms. The third-order valence-electron chi connectivity index (χ3n) is 4.72. The first kappa shape index (κ1) is 17.6. The van der Waals surface area contributed by atoms with Gasteiger partial charge >= 0.3 is 5.97 Å². The van der Waals surface area contributed by atoms with Gasteiger partial charge in [-0.25, -0.2) is 0 Å². The monoisotopic (exact) mass is 339 g/mol. The Bertz CT molecular complexity index is 711. The minimum absolute atomic E-state index is 0.205. The van der Waals surface area contributed by atoms with Crippen molar-refractivity contribution in [3.8, 4) is 5.75 Å². The molecule has 2 aromatic carbocycles. The molecule has 1 aliphatic carbocycles. The normalized spacial score (nSPS) is 16.0. The second-order valence-corrected chi connectivity index (χ2v) is 6.54. The van der Waals surface area contributed by atoms with Gasteiger partial charge in [0.25, 0.3) is 0 Å². The van der Waals surface area contributed by atoms with Crippen LogP contribution in [0, 0.1) is 0 Å². The number of hydrogen-bond donors (Lipinski definition) is 1. The van der Waals surface area contributed by atoms with E-state index in [0.29, 0.717) is 11.8 Å². The average Bonchev–Trinajstić information content (AvgIpc) is 3.04. The van der Waals surface area contributed by atoms with E-state index in [1.54, 1.807) is 0 Å². The minimum atomic E-state index is -0.306. The maximum atomic E-state index is 11.0. The van der Waals surface area contributed by atoms with Gasteiger partial charge in [0.15, 0.2) is 0 Å². The number of carbonyl (C=O) groups is 1. The van der Waals surface area contributed by atoms with Crippen LogP contribution in [0.3, 0.4) is 0 Å². The predicted octanol–water partition coefficient (Wildman–Crippen LogP) is 3.48. The number of rotatable bonds is 7. The molecule has 4 heteroatoms. The highest BCUT2D eigenvalue weighted by Gasteiger charge is 2.27. The molecular weight excluding hydrogens is 314 g/mol. The van der Waals surface area contributed by atoms with E-state index in [4.69, 9.17) is 4.74 Å². The number of nitrogens with zero attached hydrogens (tertiary/aromatic N) is 1. The van der Waals surface area contributed by atoms with Crippen LogP contribution in [0.25, 0.3) is 0 Å². The van der Waals surface area contributed by atoms with Gasteiger partial charge in [-0.05, 0) is 48.1 Å². The molecule has 0 bridgehead atoms. The Hall–Kier alpha value is -2.17. The summed E-state index contributed by atoms with van der Waals surface area (Å²) >= 11 is 0. The van der Waals surface area contributed by atoms with Gasteiger partial charge in [-0.1, -0.05) is 36.4 Å². The van der Waals surface area contributed by atoms with Crippen LogP contribution in [-0.2, 0) is 17.8 Å². The fraction of sp³-hybridized carbons (Fsp3) is 0.381. The highest BCUT2D eigenvalue weighted by molar-refractivity contribution is 5.69. The van der Waals surface area contributed by atoms with Gasteiger partial charge in [0.2, 0.25) is 0 Å². The molecule has 132 valence electrons. The fourth-order valence-electron chi connectivity index (χ4n) is 3.60. The molecule has 1 aliphatic rings. The molecule has 1 atom stereocenters. The standard InChI is InChI=1S/C21H25NO3/c1-16(24)25-19-10-7-17(8-11-19)15-22(13-4-14-23)21-12-9-18-5-2-3-6-20(18)21/h2-3,5-8,10-11,21,23H,4,9,12-15H2,1H3. The Morgan fingerprint density at radius 2 is 1.96 bits per heavy atom. The largest absolute Gasteiger partial charge is 0.427 e. The maximum absolute atomic E-state index is 11.0. The highest BCUT2D eigenvalue weighted by atomic mass is 16.5. The second kappa shape index (κ2) is 8.28. The number of aryl methyl sites for hydroxylation is 1. The van der Waals surface area contributed by atoms with E-state index in [1.807, 2.05) is 24.3 Å². The van der Waals surface area contributed by atoms with Crippen LogP contribution < -0.4 is 4.74 Å². The molecular formula is C21H25NO3. The summed E-state index contributed by atoms with van der Waals surface area (Å²) in [7, 11) is 0. The van der Waals surface area contributed by atoms with Crippen molar-refractivity contribution >= 4 is 5.97 Å². The summed E-state index contributed by atoms with van der Waals surface area (Å²) < 4.78 is 5.10.